The van der Waals surface area contributed by atoms with E-state index in [1.54, 1.807) is 0 Å². The molecule has 0 aliphatic rings. The topological polar surface area (TPSA) is 38.7 Å². The number of rotatable bonds is 2. The first-order chi connectivity index (χ1) is 15.2. The summed E-state index contributed by atoms with van der Waals surface area (Å²) in [5.74, 6) is 0. The first-order valence-corrected chi connectivity index (χ1v) is 15.8. The number of hydrogen-bond donors (Lipinski definition) is 0. The summed E-state index contributed by atoms with van der Waals surface area (Å²) in [4.78, 5) is 14.3. The van der Waals surface area contributed by atoms with Crippen molar-refractivity contribution in [1.29, 1.82) is 0 Å². The number of hydrogen-bond acceptors (Lipinski definition) is 3. The molecule has 182 valence electrons. The molecule has 0 atom stereocenters. The Kier molecular flexibility index (Phi) is 9.46. The van der Waals surface area contributed by atoms with Gasteiger partial charge < -0.3 is 0 Å². The Morgan fingerprint density at radius 1 is 0.545 bits per heavy atom. The second-order valence-corrected chi connectivity index (χ2v) is 16.3. The molecule has 6 heteroatoms. The van der Waals surface area contributed by atoms with Gasteiger partial charge in [0.05, 0.1) is 22.8 Å². The van der Waals surface area contributed by atoms with E-state index >= 15 is 0 Å². The van der Waals surface area contributed by atoms with Gasteiger partial charge in [-0.3, -0.25) is 9.97 Å². The molecule has 0 aromatic carbocycles. The fourth-order valence-corrected chi connectivity index (χ4v) is 3.30. The van der Waals surface area contributed by atoms with Gasteiger partial charge in [-0.25, -0.2) is 4.98 Å². The van der Waals surface area contributed by atoms with E-state index in [4.69, 9.17) is 4.98 Å². The van der Waals surface area contributed by atoms with E-state index < -0.39 is 0 Å². The van der Waals surface area contributed by atoms with Crippen LogP contribution >= 0.6 is 28.5 Å². The molecule has 0 amide bonds. The molecular weight excluding hydrogens is 585 g/mol. The number of halogens is 2. The first-order valence-electron chi connectivity index (χ1n) is 11.0. The SMILES string of the molecule is CC(C)(C)c1ccnc(-c2cc(C(C)(C)C)cc(-c3cc(C(C)(C)C)ccn3)n2)c1.[Br][Ni][Br]. The third kappa shape index (κ3) is 7.97. The molecule has 0 bridgehead atoms. The molecule has 3 nitrogen and oxygen atoms in total. The van der Waals surface area contributed by atoms with Gasteiger partial charge in [0.2, 0.25) is 0 Å². The van der Waals surface area contributed by atoms with Crippen LogP contribution < -0.4 is 0 Å². The van der Waals surface area contributed by atoms with E-state index in [0.29, 0.717) is 0 Å². The first kappa shape index (κ1) is 28.1. The molecule has 0 saturated carbocycles. The van der Waals surface area contributed by atoms with Gasteiger partial charge in [0.25, 0.3) is 0 Å². The minimum atomic E-state index is -0.00425. The Bertz CT molecular complexity index is 1000. The van der Waals surface area contributed by atoms with E-state index in [1.165, 1.54) is 27.6 Å². The normalized spacial score (nSPS) is 12.3. The van der Waals surface area contributed by atoms with Crippen LogP contribution in [0.5, 0.6) is 0 Å². The summed E-state index contributed by atoms with van der Waals surface area (Å²) in [6.07, 6.45) is 3.78. The van der Waals surface area contributed by atoms with Crippen molar-refractivity contribution in [3.63, 3.8) is 0 Å². The minimum absolute atomic E-state index is 0.00425. The average molecular weight is 620 g/mol. The standard InChI is InChI=1S/C27H35N3.2BrH.Ni/c1-25(2,3)18-10-12-28-21(14-18)23-16-20(27(7,8)9)17-24(30-23)22-15-19(11-13-29-22)26(4,5)6;;;/h10-17H,1-9H3;2*1H;/q;;;+2/p-2. The zero-order valence-corrected chi connectivity index (χ0v) is 25.2. The maximum absolute atomic E-state index is 5.01. The summed E-state index contributed by atoms with van der Waals surface area (Å²) in [6, 6.07) is 12.9. The van der Waals surface area contributed by atoms with Crippen LogP contribution in [0, 0.1) is 0 Å². The second-order valence-electron chi connectivity index (χ2n) is 11.3. The Morgan fingerprint density at radius 3 is 1.15 bits per heavy atom. The zero-order chi connectivity index (χ0) is 25.0. The van der Waals surface area contributed by atoms with E-state index in [2.05, 4.69) is 137 Å². The summed E-state index contributed by atoms with van der Waals surface area (Å²) in [6.45, 7) is 20.0. The van der Waals surface area contributed by atoms with Crippen LogP contribution in [0.25, 0.3) is 22.8 Å². The van der Waals surface area contributed by atoms with E-state index in [-0.39, 0.29) is 16.2 Å². The Morgan fingerprint density at radius 2 is 0.848 bits per heavy atom. The summed E-state index contributed by atoms with van der Waals surface area (Å²) in [5, 5.41) is 0. The Balaban J connectivity index is 0.00000122. The molecule has 0 saturated heterocycles. The van der Waals surface area contributed by atoms with Crippen molar-refractivity contribution in [3.8, 4) is 22.8 Å². The summed E-state index contributed by atoms with van der Waals surface area (Å²) >= 11 is 6.00. The van der Waals surface area contributed by atoms with Crippen molar-refractivity contribution in [3.05, 3.63) is 65.5 Å². The molecule has 3 heterocycles. The molecule has 0 aliphatic heterocycles. The quantitative estimate of drug-likeness (QED) is 0.269. The van der Waals surface area contributed by atoms with Gasteiger partial charge in [0.1, 0.15) is 0 Å². The van der Waals surface area contributed by atoms with Crippen molar-refractivity contribution in [2.45, 2.75) is 78.6 Å². The molecule has 0 aliphatic carbocycles. The molecule has 3 rings (SSSR count). The Hall–Kier alpha value is -1.10. The molecule has 0 radical (unpaired) electrons. The summed E-state index contributed by atoms with van der Waals surface area (Å²) < 4.78 is 0. The molecule has 3 aromatic heterocycles. The van der Waals surface area contributed by atoms with Crippen LogP contribution in [0.3, 0.4) is 0 Å². The molecule has 0 spiro atoms. The van der Waals surface area contributed by atoms with E-state index in [9.17, 15) is 0 Å². The van der Waals surface area contributed by atoms with Crippen molar-refractivity contribution < 1.29 is 10.9 Å². The van der Waals surface area contributed by atoms with Gasteiger partial charge >= 0.3 is 39.3 Å². The zero-order valence-electron chi connectivity index (χ0n) is 21.0. The van der Waals surface area contributed by atoms with Crippen LogP contribution in [0.15, 0.2) is 48.8 Å². The van der Waals surface area contributed by atoms with Crippen LogP contribution in [0.1, 0.15) is 79.0 Å². The third-order valence-corrected chi connectivity index (χ3v) is 5.47. The van der Waals surface area contributed by atoms with Gasteiger partial charge in [-0.1, -0.05) is 62.3 Å². The van der Waals surface area contributed by atoms with Crippen molar-refractivity contribution in [2.24, 2.45) is 0 Å². The van der Waals surface area contributed by atoms with Crippen LogP contribution in [0.4, 0.5) is 0 Å². The van der Waals surface area contributed by atoms with E-state index in [1.807, 2.05) is 12.4 Å². The van der Waals surface area contributed by atoms with Crippen LogP contribution in [-0.2, 0) is 27.1 Å². The van der Waals surface area contributed by atoms with Crippen molar-refractivity contribution in [1.82, 2.24) is 15.0 Å². The fourth-order valence-electron chi connectivity index (χ4n) is 3.30. The number of pyridine rings is 3. The average Bonchev–Trinajstić information content (AvgIpc) is 2.72. The second kappa shape index (κ2) is 11.1. The molecular formula is C27H35Br2N3Ni. The van der Waals surface area contributed by atoms with Crippen molar-refractivity contribution in [2.75, 3.05) is 0 Å². The maximum atomic E-state index is 5.01. The van der Waals surface area contributed by atoms with Gasteiger partial charge in [-0.15, -0.1) is 0 Å². The van der Waals surface area contributed by atoms with Crippen LogP contribution in [-0.4, -0.2) is 15.0 Å². The Labute approximate surface area is 220 Å². The van der Waals surface area contributed by atoms with Gasteiger partial charge in [0, 0.05) is 12.4 Å². The van der Waals surface area contributed by atoms with E-state index in [0.717, 1.165) is 22.8 Å². The van der Waals surface area contributed by atoms with Crippen LogP contribution in [0.2, 0.25) is 0 Å². The predicted octanol–water partition coefficient (Wildman–Crippen LogP) is 8.79. The monoisotopic (exact) mass is 617 g/mol. The van der Waals surface area contributed by atoms with Gasteiger partial charge in [-0.05, 0) is 69.3 Å². The molecule has 33 heavy (non-hydrogen) atoms. The molecule has 0 unspecified atom stereocenters. The third-order valence-electron chi connectivity index (χ3n) is 5.47. The predicted molar refractivity (Wildman–Crippen MR) is 145 cm³/mol. The summed E-state index contributed by atoms with van der Waals surface area (Å²) in [7, 11) is 1.25. The summed E-state index contributed by atoms with van der Waals surface area (Å²) in [5.41, 5.74) is 7.45. The number of nitrogens with zero attached hydrogens (tertiary/aromatic N) is 3. The molecule has 3 aromatic rings. The molecule has 0 N–H and O–H groups in total. The fraction of sp³-hybridized carbons (Fsp3) is 0.444. The van der Waals surface area contributed by atoms with Crippen molar-refractivity contribution >= 4 is 28.5 Å². The van der Waals surface area contributed by atoms with Gasteiger partial charge in [-0.2, -0.15) is 0 Å². The molecule has 0 fully saturated rings. The van der Waals surface area contributed by atoms with Gasteiger partial charge in [0.15, 0.2) is 0 Å². The number of aromatic nitrogens is 3.